The summed E-state index contributed by atoms with van der Waals surface area (Å²) in [6.07, 6.45) is 0.389. The fourth-order valence-corrected chi connectivity index (χ4v) is 2.28. The molecule has 1 heterocycles. The van der Waals surface area contributed by atoms with Gasteiger partial charge in [-0.3, -0.25) is 4.79 Å². The molecule has 0 aliphatic rings. The second kappa shape index (κ2) is 6.92. The summed E-state index contributed by atoms with van der Waals surface area (Å²) < 4.78 is 5.24. The molecule has 0 unspecified atom stereocenters. The Morgan fingerprint density at radius 1 is 1.26 bits per heavy atom. The van der Waals surface area contributed by atoms with Crippen LogP contribution >= 0.6 is 11.3 Å². The number of benzene rings is 1. The molecule has 2 N–H and O–H groups in total. The third kappa shape index (κ3) is 4.39. The minimum absolute atomic E-state index is 0.0146. The number of rotatable bonds is 6. The fraction of sp³-hybridized carbons (Fsp3) is 0.214. The maximum absolute atomic E-state index is 11.8. The molecule has 0 radical (unpaired) electrons. The Hall–Kier alpha value is -1.85. The average Bonchev–Trinajstić information content (AvgIpc) is 2.90. The van der Waals surface area contributed by atoms with Gasteiger partial charge in [-0.1, -0.05) is 6.07 Å². The number of amides is 1. The van der Waals surface area contributed by atoms with E-state index in [0.717, 1.165) is 10.6 Å². The van der Waals surface area contributed by atoms with Crippen molar-refractivity contribution in [3.05, 3.63) is 46.7 Å². The molecule has 100 valence electrons. The summed E-state index contributed by atoms with van der Waals surface area (Å²) >= 11 is 1.57. The predicted octanol–water partition coefficient (Wildman–Crippen LogP) is 2.30. The number of aliphatic hydroxyl groups is 1. The van der Waals surface area contributed by atoms with Crippen molar-refractivity contribution >= 4 is 22.9 Å². The highest BCUT2D eigenvalue weighted by Gasteiger charge is 2.04. The average molecular weight is 277 g/mol. The number of aliphatic hydroxyl groups excluding tert-OH is 1. The van der Waals surface area contributed by atoms with Crippen LogP contribution in [0.5, 0.6) is 5.75 Å². The molecule has 1 aromatic carbocycles. The summed E-state index contributed by atoms with van der Waals surface area (Å²) in [5.41, 5.74) is 0.734. The van der Waals surface area contributed by atoms with E-state index in [4.69, 9.17) is 9.84 Å². The molecule has 2 aromatic rings. The van der Waals surface area contributed by atoms with E-state index in [9.17, 15) is 4.79 Å². The van der Waals surface area contributed by atoms with Crippen LogP contribution in [0, 0.1) is 0 Å². The molecule has 2 rings (SSSR count). The van der Waals surface area contributed by atoms with E-state index in [1.54, 1.807) is 35.6 Å². The van der Waals surface area contributed by atoms with Crippen LogP contribution in [-0.4, -0.2) is 24.2 Å². The summed E-state index contributed by atoms with van der Waals surface area (Å²) in [7, 11) is 0. The highest BCUT2D eigenvalue weighted by Crippen LogP contribution is 2.16. The summed E-state index contributed by atoms with van der Waals surface area (Å²) in [5.74, 6) is 0.636. The molecule has 5 heteroatoms. The largest absolute Gasteiger partial charge is 0.491 e. The normalized spacial score (nSPS) is 10.2. The predicted molar refractivity (Wildman–Crippen MR) is 75.7 cm³/mol. The third-order valence-electron chi connectivity index (χ3n) is 2.41. The van der Waals surface area contributed by atoms with Crippen LogP contribution in [0.25, 0.3) is 0 Å². The number of anilines is 1. The summed E-state index contributed by atoms with van der Waals surface area (Å²) in [4.78, 5) is 12.8. The van der Waals surface area contributed by atoms with Crippen molar-refractivity contribution in [2.75, 3.05) is 18.5 Å². The van der Waals surface area contributed by atoms with Gasteiger partial charge in [-0.05, 0) is 35.7 Å². The fourth-order valence-electron chi connectivity index (χ4n) is 1.57. The Morgan fingerprint density at radius 3 is 2.68 bits per heavy atom. The molecule has 0 aliphatic carbocycles. The second-order valence-corrected chi connectivity index (χ2v) is 4.93. The number of hydrogen-bond acceptors (Lipinski definition) is 4. The highest BCUT2D eigenvalue weighted by molar-refractivity contribution is 7.10. The Labute approximate surface area is 115 Å². The van der Waals surface area contributed by atoms with Crippen LogP contribution < -0.4 is 10.1 Å². The first-order valence-electron chi connectivity index (χ1n) is 5.94. The van der Waals surface area contributed by atoms with Crippen LogP contribution in [0.2, 0.25) is 0 Å². The lowest BCUT2D eigenvalue weighted by Gasteiger charge is -2.07. The molecule has 0 saturated carbocycles. The number of carbonyl (C=O) groups excluding carboxylic acids is 1. The van der Waals surface area contributed by atoms with Crippen molar-refractivity contribution in [1.29, 1.82) is 0 Å². The minimum atomic E-state index is -0.0357. The SMILES string of the molecule is O=C(Cc1cccs1)Nc1ccc(OCCO)cc1. The van der Waals surface area contributed by atoms with Crippen molar-refractivity contribution in [2.24, 2.45) is 0 Å². The molecule has 1 amide bonds. The monoisotopic (exact) mass is 277 g/mol. The van der Waals surface area contributed by atoms with Gasteiger partial charge in [0.05, 0.1) is 13.0 Å². The molecule has 1 aromatic heterocycles. The maximum Gasteiger partial charge on any atom is 0.229 e. The van der Waals surface area contributed by atoms with Gasteiger partial charge >= 0.3 is 0 Å². The zero-order valence-corrected chi connectivity index (χ0v) is 11.2. The standard InChI is InChI=1S/C14H15NO3S/c16-7-8-18-12-5-3-11(4-6-12)15-14(17)10-13-2-1-9-19-13/h1-6,9,16H,7-8,10H2,(H,15,17). The van der Waals surface area contributed by atoms with Crippen molar-refractivity contribution < 1.29 is 14.6 Å². The molecule has 0 aliphatic heterocycles. The third-order valence-corrected chi connectivity index (χ3v) is 3.29. The van der Waals surface area contributed by atoms with Crippen molar-refractivity contribution in [1.82, 2.24) is 0 Å². The summed E-state index contributed by atoms with van der Waals surface area (Å²) in [6.45, 7) is 0.253. The zero-order valence-electron chi connectivity index (χ0n) is 10.3. The first kappa shape index (κ1) is 13.6. The Morgan fingerprint density at radius 2 is 2.05 bits per heavy atom. The minimum Gasteiger partial charge on any atom is -0.491 e. The summed E-state index contributed by atoms with van der Waals surface area (Å²) in [6, 6.07) is 10.9. The van der Waals surface area contributed by atoms with E-state index < -0.39 is 0 Å². The Bertz CT molecular complexity index is 508. The Kier molecular flexibility index (Phi) is 4.94. The van der Waals surface area contributed by atoms with Crippen LogP contribution in [0.3, 0.4) is 0 Å². The van der Waals surface area contributed by atoms with Crippen molar-refractivity contribution in [3.8, 4) is 5.75 Å². The van der Waals surface area contributed by atoms with Gasteiger partial charge in [-0.15, -0.1) is 11.3 Å². The Balaban J connectivity index is 1.86. The van der Waals surface area contributed by atoms with E-state index in [0.29, 0.717) is 12.2 Å². The van der Waals surface area contributed by atoms with Gasteiger partial charge < -0.3 is 15.2 Å². The molecule has 4 nitrogen and oxygen atoms in total. The van der Waals surface area contributed by atoms with Crippen molar-refractivity contribution in [3.63, 3.8) is 0 Å². The van der Waals surface area contributed by atoms with Gasteiger partial charge in [0.2, 0.25) is 5.91 Å². The van der Waals surface area contributed by atoms with Gasteiger partial charge in [-0.2, -0.15) is 0 Å². The number of ether oxygens (including phenoxy) is 1. The van der Waals surface area contributed by atoms with Crippen LogP contribution in [-0.2, 0) is 11.2 Å². The molecule has 0 saturated heterocycles. The van der Waals surface area contributed by atoms with E-state index in [1.807, 2.05) is 17.5 Å². The van der Waals surface area contributed by atoms with Gasteiger partial charge in [0.15, 0.2) is 0 Å². The number of carbonyl (C=O) groups is 1. The second-order valence-electron chi connectivity index (χ2n) is 3.90. The van der Waals surface area contributed by atoms with E-state index in [2.05, 4.69) is 5.32 Å². The molecule has 0 spiro atoms. The molecule has 0 bridgehead atoms. The van der Waals surface area contributed by atoms with Crippen LogP contribution in [0.1, 0.15) is 4.88 Å². The lowest BCUT2D eigenvalue weighted by Crippen LogP contribution is -2.13. The first-order chi connectivity index (χ1) is 9.28. The maximum atomic E-state index is 11.8. The van der Waals surface area contributed by atoms with Crippen LogP contribution in [0.4, 0.5) is 5.69 Å². The molecular weight excluding hydrogens is 262 g/mol. The molecule has 0 fully saturated rings. The number of nitrogens with one attached hydrogen (secondary N) is 1. The number of thiophene rings is 1. The first-order valence-corrected chi connectivity index (χ1v) is 6.82. The van der Waals surface area contributed by atoms with Gasteiger partial charge in [0, 0.05) is 10.6 Å². The quantitative estimate of drug-likeness (QED) is 0.851. The van der Waals surface area contributed by atoms with Crippen molar-refractivity contribution in [2.45, 2.75) is 6.42 Å². The summed E-state index contributed by atoms with van der Waals surface area (Å²) in [5, 5.41) is 13.4. The lowest BCUT2D eigenvalue weighted by atomic mass is 10.2. The lowest BCUT2D eigenvalue weighted by molar-refractivity contribution is -0.115. The zero-order chi connectivity index (χ0) is 13.5. The van der Waals surface area contributed by atoms with Gasteiger partial charge in [0.25, 0.3) is 0 Å². The smallest absolute Gasteiger partial charge is 0.229 e. The molecular formula is C14H15NO3S. The highest BCUT2D eigenvalue weighted by atomic mass is 32.1. The van der Waals surface area contributed by atoms with E-state index >= 15 is 0 Å². The van der Waals surface area contributed by atoms with Crippen LogP contribution in [0.15, 0.2) is 41.8 Å². The molecule has 0 atom stereocenters. The van der Waals surface area contributed by atoms with Gasteiger partial charge in [-0.25, -0.2) is 0 Å². The molecule has 19 heavy (non-hydrogen) atoms. The topological polar surface area (TPSA) is 58.6 Å². The van der Waals surface area contributed by atoms with Gasteiger partial charge in [0.1, 0.15) is 12.4 Å². The van der Waals surface area contributed by atoms with E-state index in [1.165, 1.54) is 0 Å². The number of hydrogen-bond donors (Lipinski definition) is 2. The van der Waals surface area contributed by atoms with E-state index in [-0.39, 0.29) is 19.1 Å².